The zero-order valence-corrected chi connectivity index (χ0v) is 29.9. The first-order chi connectivity index (χ1) is 24.1. The first-order valence-electron chi connectivity index (χ1n) is 17.9. The maximum atomic E-state index is 14.5. The number of ether oxygens (including phenoxy) is 1. The Morgan fingerprint density at radius 2 is 1.59 bits per heavy atom. The molecule has 3 N–H and O–H groups in total. The number of hydrogen-bond acceptors (Lipinski definition) is 8. The highest BCUT2D eigenvalue weighted by Gasteiger charge is 2.47. The number of cyclic esters (lactones) is 1. The van der Waals surface area contributed by atoms with Gasteiger partial charge in [0.2, 0.25) is 35.4 Å². The Hall–Kier alpha value is -4.56. The molecular formula is C36H49FN6O8. The first-order valence-corrected chi connectivity index (χ1v) is 17.9. The molecule has 0 bridgehead atoms. The molecule has 5 rings (SSSR count). The molecule has 6 amide bonds. The number of esters is 1. The van der Waals surface area contributed by atoms with Gasteiger partial charge in [-0.15, -0.1) is 0 Å². The van der Waals surface area contributed by atoms with E-state index in [1.54, 1.807) is 19.9 Å². The number of halogens is 1. The van der Waals surface area contributed by atoms with E-state index in [2.05, 4.69) is 16.0 Å². The molecule has 4 saturated heterocycles. The monoisotopic (exact) mass is 712 g/mol. The number of amides is 6. The van der Waals surface area contributed by atoms with Crippen molar-refractivity contribution in [1.29, 1.82) is 0 Å². The number of piperidine rings is 1. The number of nitrogens with one attached hydrogen (secondary N) is 3. The summed E-state index contributed by atoms with van der Waals surface area (Å²) in [6, 6.07) is -2.21. The Bertz CT molecular complexity index is 1550. The van der Waals surface area contributed by atoms with Crippen molar-refractivity contribution in [2.45, 2.75) is 122 Å². The third kappa shape index (κ3) is 8.50. The Morgan fingerprint density at radius 1 is 0.902 bits per heavy atom. The Labute approximate surface area is 297 Å². The van der Waals surface area contributed by atoms with Crippen LogP contribution in [0.3, 0.4) is 0 Å². The van der Waals surface area contributed by atoms with Gasteiger partial charge in [0.15, 0.2) is 0 Å². The summed E-state index contributed by atoms with van der Waals surface area (Å²) < 4.78 is 20.1. The van der Waals surface area contributed by atoms with Crippen LogP contribution < -0.4 is 16.0 Å². The SMILES string of the molecule is CC(=O)N[C@@H](Cc1cc(C)cc(F)c1)C(=O)N[C@@H]1C(=O)N2CCC[C@H]2C(=O)N2CCCC[C@H]2C(=O)N[C@@H](C)C(=O)N2C[C@H](C)C[C@H]2C(=O)O[C@H]1C. The molecule has 15 heteroatoms. The van der Waals surface area contributed by atoms with Gasteiger partial charge in [-0.2, -0.15) is 0 Å². The van der Waals surface area contributed by atoms with Crippen molar-refractivity contribution >= 4 is 41.4 Å². The summed E-state index contributed by atoms with van der Waals surface area (Å²) in [4.78, 5) is 100. The fourth-order valence-electron chi connectivity index (χ4n) is 7.84. The molecule has 51 heavy (non-hydrogen) atoms. The van der Waals surface area contributed by atoms with E-state index in [4.69, 9.17) is 4.74 Å². The van der Waals surface area contributed by atoms with Gasteiger partial charge in [0.1, 0.15) is 48.2 Å². The lowest BCUT2D eigenvalue weighted by atomic mass is 9.99. The molecule has 4 aliphatic rings. The number of carbonyl (C=O) groups is 7. The molecule has 4 aliphatic heterocycles. The third-order valence-electron chi connectivity index (χ3n) is 10.3. The standard InChI is InChI=1S/C36H49FN6O8/c1-19-13-24(16-25(37)14-19)17-26(39-23(5)44)31(45)40-30-22(4)51-36(50)29-15-20(2)18-43(29)33(47)21(3)38-32(46)27-9-6-7-11-41(27)34(48)28-10-8-12-42(28)35(30)49/h13-14,16,20-22,26-30H,6-12,15,17-18H2,1-5H3,(H,38,46)(H,39,44)(H,40,45)/t20-,21+,22+,26+,27+,28+,29+,30+/m1/s1. The molecule has 1 aromatic rings. The molecule has 4 heterocycles. The highest BCUT2D eigenvalue weighted by atomic mass is 19.1. The van der Waals surface area contributed by atoms with Gasteiger partial charge in [0.25, 0.3) is 0 Å². The summed E-state index contributed by atoms with van der Waals surface area (Å²) in [5.74, 6) is -4.71. The highest BCUT2D eigenvalue weighted by molar-refractivity contribution is 5.98. The van der Waals surface area contributed by atoms with Crippen LogP contribution in [0.2, 0.25) is 0 Å². The molecule has 0 aromatic heterocycles. The largest absolute Gasteiger partial charge is 0.458 e. The lowest BCUT2D eigenvalue weighted by Gasteiger charge is -2.39. The zero-order chi connectivity index (χ0) is 37.1. The van der Waals surface area contributed by atoms with Crippen LogP contribution in [0.25, 0.3) is 0 Å². The van der Waals surface area contributed by atoms with Gasteiger partial charge in [-0.25, -0.2) is 9.18 Å². The van der Waals surface area contributed by atoms with Gasteiger partial charge < -0.3 is 35.4 Å². The average Bonchev–Trinajstić information content (AvgIpc) is 3.72. The van der Waals surface area contributed by atoms with Crippen molar-refractivity contribution in [3.8, 4) is 0 Å². The first kappa shape index (κ1) is 37.7. The summed E-state index contributed by atoms with van der Waals surface area (Å²) in [5, 5.41) is 8.03. The third-order valence-corrected chi connectivity index (χ3v) is 10.3. The zero-order valence-electron chi connectivity index (χ0n) is 29.9. The molecular weight excluding hydrogens is 663 g/mol. The maximum Gasteiger partial charge on any atom is 0.329 e. The highest BCUT2D eigenvalue weighted by Crippen LogP contribution is 2.28. The number of benzene rings is 1. The van der Waals surface area contributed by atoms with Gasteiger partial charge in [0, 0.05) is 33.0 Å². The molecule has 1 aromatic carbocycles. The number of aryl methyl sites for hydroxylation is 1. The number of hydrogen-bond donors (Lipinski definition) is 3. The van der Waals surface area contributed by atoms with Crippen LogP contribution in [0.1, 0.15) is 77.3 Å². The summed E-state index contributed by atoms with van der Waals surface area (Å²) in [5.41, 5.74) is 1.05. The number of carbonyl (C=O) groups excluding carboxylic acids is 7. The van der Waals surface area contributed by atoms with Crippen molar-refractivity contribution < 1.29 is 42.7 Å². The Morgan fingerprint density at radius 3 is 2.29 bits per heavy atom. The van der Waals surface area contributed by atoms with Crippen LogP contribution in [-0.4, -0.2) is 118 Å². The second kappa shape index (κ2) is 15.8. The Kier molecular flexibility index (Phi) is 11.7. The minimum absolute atomic E-state index is 0.0642. The summed E-state index contributed by atoms with van der Waals surface area (Å²) in [6.07, 6.45) is 1.49. The smallest absolute Gasteiger partial charge is 0.329 e. The van der Waals surface area contributed by atoms with E-state index in [1.807, 2.05) is 6.92 Å². The van der Waals surface area contributed by atoms with E-state index in [-0.39, 0.29) is 25.4 Å². The molecule has 278 valence electrons. The van der Waals surface area contributed by atoms with Crippen LogP contribution in [0.5, 0.6) is 0 Å². The lowest BCUT2D eigenvalue weighted by Crippen LogP contribution is -2.63. The van der Waals surface area contributed by atoms with Gasteiger partial charge >= 0.3 is 5.97 Å². The number of rotatable bonds is 5. The van der Waals surface area contributed by atoms with Crippen molar-refractivity contribution in [2.24, 2.45) is 5.92 Å². The van der Waals surface area contributed by atoms with Crippen molar-refractivity contribution in [2.75, 3.05) is 19.6 Å². The van der Waals surface area contributed by atoms with Crippen LogP contribution in [0, 0.1) is 18.7 Å². The van der Waals surface area contributed by atoms with Gasteiger partial charge in [0.05, 0.1) is 0 Å². The van der Waals surface area contributed by atoms with Crippen LogP contribution in [0.15, 0.2) is 18.2 Å². The predicted octanol–water partition coefficient (Wildman–Crippen LogP) is 0.725. The van der Waals surface area contributed by atoms with Gasteiger partial charge in [-0.05, 0) is 88.5 Å². The van der Waals surface area contributed by atoms with Crippen LogP contribution >= 0.6 is 0 Å². The maximum absolute atomic E-state index is 14.5. The van der Waals surface area contributed by atoms with Gasteiger partial charge in [-0.1, -0.05) is 13.0 Å². The van der Waals surface area contributed by atoms with Crippen molar-refractivity contribution in [3.63, 3.8) is 0 Å². The predicted molar refractivity (Wildman–Crippen MR) is 181 cm³/mol. The molecule has 8 atom stereocenters. The molecule has 0 spiro atoms. The second-order valence-electron chi connectivity index (χ2n) is 14.5. The van der Waals surface area contributed by atoms with E-state index in [0.717, 1.165) is 0 Å². The van der Waals surface area contributed by atoms with E-state index >= 15 is 0 Å². The van der Waals surface area contributed by atoms with E-state index < -0.39 is 89.6 Å². The molecule has 14 nitrogen and oxygen atoms in total. The van der Waals surface area contributed by atoms with Crippen LogP contribution in [-0.2, 0) is 44.7 Å². The second-order valence-corrected chi connectivity index (χ2v) is 14.5. The molecule has 0 saturated carbocycles. The fraction of sp³-hybridized carbons (Fsp3) is 0.639. The molecule has 0 unspecified atom stereocenters. The summed E-state index contributed by atoms with van der Waals surface area (Å²) >= 11 is 0. The molecule has 0 aliphatic carbocycles. The van der Waals surface area contributed by atoms with Gasteiger partial charge in [-0.3, -0.25) is 28.8 Å². The Balaban J connectivity index is 1.50. The fourth-order valence-corrected chi connectivity index (χ4v) is 7.84. The van der Waals surface area contributed by atoms with E-state index in [9.17, 15) is 38.0 Å². The van der Waals surface area contributed by atoms with E-state index in [1.165, 1.54) is 40.7 Å². The topological polar surface area (TPSA) is 175 Å². The summed E-state index contributed by atoms with van der Waals surface area (Å²) in [6.45, 7) is 8.54. The molecule has 4 fully saturated rings. The number of fused-ring (bicyclic) bond motifs is 3. The average molecular weight is 713 g/mol. The van der Waals surface area contributed by atoms with Crippen LogP contribution in [0.4, 0.5) is 4.39 Å². The van der Waals surface area contributed by atoms with Crippen molar-refractivity contribution in [1.82, 2.24) is 30.7 Å². The minimum Gasteiger partial charge on any atom is -0.458 e. The lowest BCUT2D eigenvalue weighted by molar-refractivity contribution is -0.163. The summed E-state index contributed by atoms with van der Waals surface area (Å²) in [7, 11) is 0. The number of nitrogens with zero attached hydrogens (tertiary/aromatic N) is 3. The minimum atomic E-state index is -1.49. The molecule has 0 radical (unpaired) electrons. The van der Waals surface area contributed by atoms with E-state index in [0.29, 0.717) is 56.2 Å². The normalized spacial score (nSPS) is 29.8. The quantitative estimate of drug-likeness (QED) is 0.375. The van der Waals surface area contributed by atoms with Crippen molar-refractivity contribution in [3.05, 3.63) is 35.1 Å².